The normalized spacial score (nSPS) is 17.6. The van der Waals surface area contributed by atoms with Crippen molar-refractivity contribution in [3.05, 3.63) is 18.2 Å². The van der Waals surface area contributed by atoms with Crippen LogP contribution in [-0.2, 0) is 11.8 Å². The van der Waals surface area contributed by atoms with E-state index in [0.717, 1.165) is 5.82 Å². The third kappa shape index (κ3) is 4.06. The lowest BCUT2D eigenvalue weighted by Crippen LogP contribution is -2.42. The Kier molecular flexibility index (Phi) is 5.39. The number of aryl methyl sites for hydroxylation is 1. The third-order valence-electron chi connectivity index (χ3n) is 4.46. The van der Waals surface area contributed by atoms with Gasteiger partial charge >= 0.3 is 0 Å². The van der Waals surface area contributed by atoms with Crippen LogP contribution in [0.2, 0.25) is 0 Å². The molecule has 5 nitrogen and oxygen atoms in total. The Balaban J connectivity index is 1.94. The smallest absolute Gasteiger partial charge is 0.234 e. The van der Waals surface area contributed by atoms with Gasteiger partial charge < -0.3 is 9.88 Å². The Morgan fingerprint density at radius 1 is 1.48 bits per heavy atom. The van der Waals surface area contributed by atoms with Gasteiger partial charge in [-0.3, -0.25) is 9.69 Å². The zero-order chi connectivity index (χ0) is 15.4. The SMILES string of the molecule is CC(C)[C@H](NC(=O)CN(C)C1CCCC1)c1nccn1C. The molecular weight excluding hydrogens is 264 g/mol. The quantitative estimate of drug-likeness (QED) is 0.873. The number of carbonyl (C=O) groups is 1. The van der Waals surface area contributed by atoms with E-state index in [1.807, 2.05) is 17.8 Å². The molecule has 1 amide bonds. The summed E-state index contributed by atoms with van der Waals surface area (Å²) in [6.45, 7) is 4.69. The van der Waals surface area contributed by atoms with E-state index in [0.29, 0.717) is 18.5 Å². The van der Waals surface area contributed by atoms with Crippen LogP contribution in [0.4, 0.5) is 0 Å². The van der Waals surface area contributed by atoms with E-state index in [-0.39, 0.29) is 11.9 Å². The van der Waals surface area contributed by atoms with Crippen molar-refractivity contribution in [3.8, 4) is 0 Å². The van der Waals surface area contributed by atoms with Crippen molar-refractivity contribution >= 4 is 5.91 Å². The van der Waals surface area contributed by atoms with E-state index < -0.39 is 0 Å². The maximum atomic E-state index is 12.3. The fourth-order valence-corrected chi connectivity index (χ4v) is 3.13. The van der Waals surface area contributed by atoms with Crippen molar-refractivity contribution in [1.82, 2.24) is 19.8 Å². The zero-order valence-electron chi connectivity index (χ0n) is 13.7. The maximum absolute atomic E-state index is 12.3. The summed E-state index contributed by atoms with van der Waals surface area (Å²) in [6, 6.07) is 0.538. The van der Waals surface area contributed by atoms with Gasteiger partial charge in [0.15, 0.2) is 0 Å². The number of likely N-dealkylation sites (N-methyl/N-ethyl adjacent to an activating group) is 1. The van der Waals surface area contributed by atoms with Gasteiger partial charge in [-0.1, -0.05) is 26.7 Å². The molecule has 0 radical (unpaired) electrons. The molecular formula is C16H28N4O. The van der Waals surface area contributed by atoms with Crippen molar-refractivity contribution in [2.24, 2.45) is 13.0 Å². The van der Waals surface area contributed by atoms with Crippen LogP contribution < -0.4 is 5.32 Å². The fraction of sp³-hybridized carbons (Fsp3) is 0.750. The number of carbonyl (C=O) groups excluding carboxylic acids is 1. The topological polar surface area (TPSA) is 50.2 Å². The van der Waals surface area contributed by atoms with Gasteiger partial charge in [-0.2, -0.15) is 0 Å². The van der Waals surface area contributed by atoms with E-state index in [1.54, 1.807) is 6.20 Å². The second-order valence-corrected chi connectivity index (χ2v) is 6.54. The van der Waals surface area contributed by atoms with Gasteiger partial charge in [-0.25, -0.2) is 4.98 Å². The summed E-state index contributed by atoms with van der Waals surface area (Å²) >= 11 is 0. The van der Waals surface area contributed by atoms with Crippen molar-refractivity contribution in [2.45, 2.75) is 51.6 Å². The monoisotopic (exact) mass is 292 g/mol. The average molecular weight is 292 g/mol. The van der Waals surface area contributed by atoms with Gasteiger partial charge in [0.2, 0.25) is 5.91 Å². The molecule has 1 aromatic heterocycles. The van der Waals surface area contributed by atoms with E-state index >= 15 is 0 Å². The highest BCUT2D eigenvalue weighted by molar-refractivity contribution is 5.78. The van der Waals surface area contributed by atoms with Crippen LogP contribution in [-0.4, -0.2) is 40.0 Å². The Morgan fingerprint density at radius 3 is 2.67 bits per heavy atom. The van der Waals surface area contributed by atoms with Crippen LogP contribution in [0.25, 0.3) is 0 Å². The highest BCUT2D eigenvalue weighted by Crippen LogP contribution is 2.23. The van der Waals surface area contributed by atoms with E-state index in [1.165, 1.54) is 25.7 Å². The third-order valence-corrected chi connectivity index (χ3v) is 4.46. The van der Waals surface area contributed by atoms with Crippen molar-refractivity contribution < 1.29 is 4.79 Å². The molecule has 1 heterocycles. The van der Waals surface area contributed by atoms with Gasteiger partial charge in [0.05, 0.1) is 12.6 Å². The molecule has 2 rings (SSSR count). The van der Waals surface area contributed by atoms with Crippen molar-refractivity contribution in [1.29, 1.82) is 0 Å². The van der Waals surface area contributed by atoms with Crippen LogP contribution in [0.5, 0.6) is 0 Å². The van der Waals surface area contributed by atoms with E-state index in [2.05, 4.69) is 36.1 Å². The molecule has 0 spiro atoms. The first kappa shape index (κ1) is 16.0. The summed E-state index contributed by atoms with van der Waals surface area (Å²) < 4.78 is 1.98. The minimum Gasteiger partial charge on any atom is -0.345 e. The number of rotatable bonds is 6. The maximum Gasteiger partial charge on any atom is 0.234 e. The lowest BCUT2D eigenvalue weighted by molar-refractivity contribution is -0.123. The minimum absolute atomic E-state index is 0.0329. The Morgan fingerprint density at radius 2 is 2.14 bits per heavy atom. The zero-order valence-corrected chi connectivity index (χ0v) is 13.7. The number of imidazole rings is 1. The average Bonchev–Trinajstić information content (AvgIpc) is 3.06. The summed E-state index contributed by atoms with van der Waals surface area (Å²) in [5.41, 5.74) is 0. The number of amides is 1. The standard InChI is InChI=1S/C16H28N4O/c1-12(2)15(16-17-9-10-19(16)3)18-14(21)11-20(4)13-7-5-6-8-13/h9-10,12-13,15H,5-8,11H2,1-4H3,(H,18,21)/t15-/m0/s1. The summed E-state index contributed by atoms with van der Waals surface area (Å²) in [5.74, 6) is 1.32. The molecule has 21 heavy (non-hydrogen) atoms. The van der Waals surface area contributed by atoms with E-state index in [4.69, 9.17) is 0 Å². The lowest BCUT2D eigenvalue weighted by Gasteiger charge is -2.26. The Labute approximate surface area is 127 Å². The van der Waals surface area contributed by atoms with Gasteiger partial charge in [-0.15, -0.1) is 0 Å². The Hall–Kier alpha value is -1.36. The first-order chi connectivity index (χ1) is 9.99. The predicted octanol–water partition coefficient (Wildman–Crippen LogP) is 2.11. The van der Waals surface area contributed by atoms with Crippen LogP contribution >= 0.6 is 0 Å². The van der Waals surface area contributed by atoms with Gasteiger partial charge in [0.1, 0.15) is 5.82 Å². The second-order valence-electron chi connectivity index (χ2n) is 6.54. The highest BCUT2D eigenvalue weighted by atomic mass is 16.2. The van der Waals surface area contributed by atoms with Gasteiger partial charge in [-0.05, 0) is 25.8 Å². The van der Waals surface area contributed by atoms with Crippen LogP contribution in [0.3, 0.4) is 0 Å². The molecule has 1 aromatic rings. The van der Waals surface area contributed by atoms with Crippen molar-refractivity contribution in [2.75, 3.05) is 13.6 Å². The van der Waals surface area contributed by atoms with Crippen LogP contribution in [0, 0.1) is 5.92 Å². The van der Waals surface area contributed by atoms with Gasteiger partial charge in [0, 0.05) is 25.5 Å². The molecule has 1 atom stereocenters. The summed E-state index contributed by atoms with van der Waals surface area (Å²) in [6.07, 6.45) is 8.72. The minimum atomic E-state index is -0.0329. The van der Waals surface area contributed by atoms with Crippen LogP contribution in [0.15, 0.2) is 12.4 Å². The molecule has 1 N–H and O–H groups in total. The molecule has 118 valence electrons. The van der Waals surface area contributed by atoms with Gasteiger partial charge in [0.25, 0.3) is 0 Å². The van der Waals surface area contributed by atoms with E-state index in [9.17, 15) is 4.79 Å². The number of hydrogen-bond acceptors (Lipinski definition) is 3. The predicted molar refractivity (Wildman–Crippen MR) is 83.8 cm³/mol. The molecule has 1 saturated carbocycles. The fourth-order valence-electron chi connectivity index (χ4n) is 3.13. The molecule has 0 saturated heterocycles. The molecule has 0 unspecified atom stereocenters. The molecule has 5 heteroatoms. The summed E-state index contributed by atoms with van der Waals surface area (Å²) in [7, 11) is 4.02. The summed E-state index contributed by atoms with van der Waals surface area (Å²) in [4.78, 5) is 18.9. The van der Waals surface area contributed by atoms with Crippen molar-refractivity contribution in [3.63, 3.8) is 0 Å². The first-order valence-electron chi connectivity index (χ1n) is 7.96. The second kappa shape index (κ2) is 7.07. The molecule has 1 fully saturated rings. The number of nitrogens with zero attached hydrogens (tertiary/aromatic N) is 3. The largest absolute Gasteiger partial charge is 0.345 e. The molecule has 0 bridgehead atoms. The van der Waals surface area contributed by atoms with Crippen LogP contribution in [0.1, 0.15) is 51.4 Å². The number of hydrogen-bond donors (Lipinski definition) is 1. The molecule has 1 aliphatic carbocycles. The first-order valence-corrected chi connectivity index (χ1v) is 7.96. The summed E-state index contributed by atoms with van der Waals surface area (Å²) in [5, 5.41) is 3.15. The molecule has 1 aliphatic rings. The number of aromatic nitrogens is 2. The lowest BCUT2D eigenvalue weighted by atomic mass is 10.0. The molecule has 0 aromatic carbocycles. The highest BCUT2D eigenvalue weighted by Gasteiger charge is 2.25. The molecule has 0 aliphatic heterocycles. The Bertz CT molecular complexity index is 463. The number of nitrogens with one attached hydrogen (secondary N) is 1.